The first-order valence-corrected chi connectivity index (χ1v) is 8.50. The van der Waals surface area contributed by atoms with Crippen LogP contribution in [0.4, 0.5) is 0 Å². The molecule has 24 heavy (non-hydrogen) atoms. The van der Waals surface area contributed by atoms with Gasteiger partial charge in [-0.05, 0) is 37.1 Å². The number of benzene rings is 1. The number of ether oxygens (including phenoxy) is 1. The maximum atomic E-state index is 5.40. The van der Waals surface area contributed by atoms with Crippen LogP contribution in [0.25, 0.3) is 16.7 Å². The lowest BCUT2D eigenvalue weighted by atomic mass is 10.1. The number of fused-ring (bicyclic) bond motifs is 1. The summed E-state index contributed by atoms with van der Waals surface area (Å²) >= 11 is 0. The van der Waals surface area contributed by atoms with Crippen LogP contribution in [0, 0.1) is 6.92 Å². The number of nitrogens with zero attached hydrogens (tertiary/aromatic N) is 4. The van der Waals surface area contributed by atoms with E-state index >= 15 is 0 Å². The molecule has 3 heterocycles. The standard InChI is InChI=1S/C19H22N4O/c1-15-20-14-17-7-9-23(19(17)21-15)18-4-2-16(3-5-18)6-8-22-10-12-24-13-11-22/h2-5,7,9,14H,6,8,10-13H2,1H3. The SMILES string of the molecule is Cc1ncc2ccn(-c3ccc(CCN4CCOCC4)cc3)c2n1. The molecule has 1 saturated heterocycles. The van der Waals surface area contributed by atoms with E-state index in [1.807, 2.05) is 13.1 Å². The lowest BCUT2D eigenvalue weighted by Gasteiger charge is -2.26. The molecule has 1 aromatic carbocycles. The summed E-state index contributed by atoms with van der Waals surface area (Å²) in [5, 5.41) is 1.07. The molecule has 2 aromatic heterocycles. The van der Waals surface area contributed by atoms with Gasteiger partial charge in [0.05, 0.1) is 13.2 Å². The van der Waals surface area contributed by atoms with Crippen molar-refractivity contribution in [3.8, 4) is 5.69 Å². The molecule has 0 atom stereocenters. The Labute approximate surface area is 141 Å². The van der Waals surface area contributed by atoms with E-state index in [4.69, 9.17) is 4.74 Å². The second-order valence-corrected chi connectivity index (χ2v) is 6.25. The molecule has 124 valence electrons. The lowest BCUT2D eigenvalue weighted by molar-refractivity contribution is 0.0384. The van der Waals surface area contributed by atoms with Crippen molar-refractivity contribution in [3.63, 3.8) is 0 Å². The molecule has 0 radical (unpaired) electrons. The average Bonchev–Trinajstić information content (AvgIpc) is 3.04. The fraction of sp³-hybridized carbons (Fsp3) is 0.368. The largest absolute Gasteiger partial charge is 0.379 e. The van der Waals surface area contributed by atoms with Crippen LogP contribution in [0.3, 0.4) is 0 Å². The summed E-state index contributed by atoms with van der Waals surface area (Å²) in [4.78, 5) is 11.3. The highest BCUT2D eigenvalue weighted by Crippen LogP contribution is 2.19. The summed E-state index contributed by atoms with van der Waals surface area (Å²) in [6.07, 6.45) is 5.01. The summed E-state index contributed by atoms with van der Waals surface area (Å²) in [7, 11) is 0. The fourth-order valence-corrected chi connectivity index (χ4v) is 3.15. The van der Waals surface area contributed by atoms with E-state index in [0.29, 0.717) is 0 Å². The van der Waals surface area contributed by atoms with Crippen LogP contribution in [0.2, 0.25) is 0 Å². The smallest absolute Gasteiger partial charge is 0.148 e. The van der Waals surface area contributed by atoms with E-state index in [9.17, 15) is 0 Å². The maximum Gasteiger partial charge on any atom is 0.148 e. The highest BCUT2D eigenvalue weighted by atomic mass is 16.5. The molecule has 0 N–H and O–H groups in total. The first-order chi connectivity index (χ1) is 11.8. The Bertz CT molecular complexity index is 819. The Balaban J connectivity index is 1.49. The second-order valence-electron chi connectivity index (χ2n) is 6.25. The van der Waals surface area contributed by atoms with Crippen LogP contribution in [0.5, 0.6) is 0 Å². The number of rotatable bonds is 4. The molecular weight excluding hydrogens is 300 g/mol. The van der Waals surface area contributed by atoms with Gasteiger partial charge in [-0.2, -0.15) is 0 Å². The Hall–Kier alpha value is -2.24. The zero-order valence-electron chi connectivity index (χ0n) is 14.0. The van der Waals surface area contributed by atoms with E-state index in [2.05, 4.69) is 56.0 Å². The van der Waals surface area contributed by atoms with E-state index in [-0.39, 0.29) is 0 Å². The molecule has 0 saturated carbocycles. The molecule has 3 aromatic rings. The van der Waals surface area contributed by atoms with Gasteiger partial charge in [0.25, 0.3) is 0 Å². The lowest BCUT2D eigenvalue weighted by Crippen LogP contribution is -2.37. The van der Waals surface area contributed by atoms with Gasteiger partial charge in [-0.15, -0.1) is 0 Å². The maximum absolute atomic E-state index is 5.40. The highest BCUT2D eigenvalue weighted by molar-refractivity contribution is 5.77. The average molecular weight is 322 g/mol. The molecule has 1 aliphatic heterocycles. The quantitative estimate of drug-likeness (QED) is 0.740. The van der Waals surface area contributed by atoms with Crippen molar-refractivity contribution in [2.45, 2.75) is 13.3 Å². The second kappa shape index (κ2) is 6.71. The normalized spacial score (nSPS) is 15.9. The minimum Gasteiger partial charge on any atom is -0.379 e. The zero-order chi connectivity index (χ0) is 16.4. The number of hydrogen-bond donors (Lipinski definition) is 0. The van der Waals surface area contributed by atoms with E-state index in [1.165, 1.54) is 5.56 Å². The summed E-state index contributed by atoms with van der Waals surface area (Å²) in [6.45, 7) is 6.84. The zero-order valence-corrected chi connectivity index (χ0v) is 14.0. The Morgan fingerprint density at radius 3 is 2.67 bits per heavy atom. The molecule has 0 unspecified atom stereocenters. The number of aryl methyl sites for hydroxylation is 1. The number of morpholine rings is 1. The van der Waals surface area contributed by atoms with Crippen molar-refractivity contribution >= 4 is 11.0 Å². The predicted octanol–water partition coefficient (Wildman–Crippen LogP) is 2.60. The predicted molar refractivity (Wildman–Crippen MR) is 94.6 cm³/mol. The van der Waals surface area contributed by atoms with Crippen LogP contribution in [0.1, 0.15) is 11.4 Å². The first-order valence-electron chi connectivity index (χ1n) is 8.50. The van der Waals surface area contributed by atoms with Crippen molar-refractivity contribution in [3.05, 3.63) is 54.1 Å². The van der Waals surface area contributed by atoms with Gasteiger partial charge in [0.2, 0.25) is 0 Å². The molecule has 1 aliphatic rings. The van der Waals surface area contributed by atoms with Gasteiger partial charge >= 0.3 is 0 Å². The van der Waals surface area contributed by atoms with Gasteiger partial charge in [-0.1, -0.05) is 12.1 Å². The minimum atomic E-state index is 0.796. The third-order valence-corrected chi connectivity index (χ3v) is 4.58. The monoisotopic (exact) mass is 322 g/mol. The van der Waals surface area contributed by atoms with Gasteiger partial charge in [-0.25, -0.2) is 9.97 Å². The summed E-state index contributed by atoms with van der Waals surface area (Å²) in [5.41, 5.74) is 3.47. The molecular formula is C19H22N4O. The van der Waals surface area contributed by atoms with Crippen molar-refractivity contribution in [2.24, 2.45) is 0 Å². The molecule has 4 rings (SSSR count). The van der Waals surface area contributed by atoms with Crippen LogP contribution >= 0.6 is 0 Å². The molecule has 5 nitrogen and oxygen atoms in total. The Morgan fingerprint density at radius 1 is 1.08 bits per heavy atom. The third kappa shape index (κ3) is 3.18. The highest BCUT2D eigenvalue weighted by Gasteiger charge is 2.10. The topological polar surface area (TPSA) is 43.2 Å². The van der Waals surface area contributed by atoms with Crippen LogP contribution in [0.15, 0.2) is 42.7 Å². The number of hydrogen-bond acceptors (Lipinski definition) is 4. The van der Waals surface area contributed by atoms with E-state index in [1.54, 1.807) is 0 Å². The summed E-state index contributed by atoms with van der Waals surface area (Å²) in [5.74, 6) is 0.796. The summed E-state index contributed by atoms with van der Waals surface area (Å²) in [6, 6.07) is 10.8. The third-order valence-electron chi connectivity index (χ3n) is 4.58. The van der Waals surface area contributed by atoms with Gasteiger partial charge in [0, 0.05) is 43.1 Å². The molecule has 1 fully saturated rings. The molecule has 0 amide bonds. The Morgan fingerprint density at radius 2 is 1.88 bits per heavy atom. The first kappa shape index (κ1) is 15.3. The number of aromatic nitrogens is 3. The molecule has 0 aliphatic carbocycles. The van der Waals surface area contributed by atoms with Gasteiger partial charge in [0.1, 0.15) is 11.5 Å². The van der Waals surface area contributed by atoms with Crippen LogP contribution in [-0.4, -0.2) is 52.3 Å². The summed E-state index contributed by atoms with van der Waals surface area (Å²) < 4.78 is 7.52. The molecule has 0 spiro atoms. The van der Waals surface area contributed by atoms with E-state index in [0.717, 1.165) is 61.8 Å². The Kier molecular flexibility index (Phi) is 4.28. The van der Waals surface area contributed by atoms with Crippen molar-refractivity contribution in [1.82, 2.24) is 19.4 Å². The van der Waals surface area contributed by atoms with Crippen LogP contribution in [-0.2, 0) is 11.2 Å². The van der Waals surface area contributed by atoms with Crippen molar-refractivity contribution in [1.29, 1.82) is 0 Å². The minimum absolute atomic E-state index is 0.796. The van der Waals surface area contributed by atoms with E-state index < -0.39 is 0 Å². The van der Waals surface area contributed by atoms with Gasteiger partial charge in [0.15, 0.2) is 0 Å². The van der Waals surface area contributed by atoms with Crippen LogP contribution < -0.4 is 0 Å². The van der Waals surface area contributed by atoms with Gasteiger partial charge < -0.3 is 9.30 Å². The molecule has 0 bridgehead atoms. The van der Waals surface area contributed by atoms with Crippen molar-refractivity contribution in [2.75, 3.05) is 32.8 Å². The van der Waals surface area contributed by atoms with Crippen molar-refractivity contribution < 1.29 is 4.74 Å². The molecule has 5 heteroatoms. The van der Waals surface area contributed by atoms with Gasteiger partial charge in [-0.3, -0.25) is 4.90 Å². The fourth-order valence-electron chi connectivity index (χ4n) is 3.15.